The molecule has 0 N–H and O–H groups in total. The molecule has 0 aliphatic rings. The lowest BCUT2D eigenvalue weighted by molar-refractivity contribution is -0.134. The van der Waals surface area contributed by atoms with Crippen LogP contribution in [0, 0.1) is 0 Å². The summed E-state index contributed by atoms with van der Waals surface area (Å²) < 4.78 is 9.34. The first-order valence-electron chi connectivity index (χ1n) is 3.78. The van der Waals surface area contributed by atoms with E-state index < -0.39 is 5.97 Å². The summed E-state index contributed by atoms with van der Waals surface area (Å²) in [4.78, 5) is 10.5. The van der Waals surface area contributed by atoms with Crippen molar-refractivity contribution >= 4 is 5.97 Å². The highest BCUT2D eigenvalue weighted by Gasteiger charge is 1.89. The summed E-state index contributed by atoms with van der Waals surface area (Å²) in [5.41, 5.74) is 0. The van der Waals surface area contributed by atoms with Gasteiger partial charge in [-0.05, 0) is 12.8 Å². The summed E-state index contributed by atoms with van der Waals surface area (Å²) in [6.07, 6.45) is 6.25. The van der Waals surface area contributed by atoms with Crippen molar-refractivity contribution in [1.29, 1.82) is 0 Å². The molecule has 0 aliphatic heterocycles. The zero-order chi connectivity index (χ0) is 9.23. The van der Waals surface area contributed by atoms with E-state index in [1.54, 1.807) is 0 Å². The molecular formula is C9H14O3. The highest BCUT2D eigenvalue weighted by atomic mass is 16.5. The van der Waals surface area contributed by atoms with Crippen LogP contribution in [0.1, 0.15) is 12.8 Å². The molecule has 0 saturated carbocycles. The van der Waals surface area contributed by atoms with Crippen molar-refractivity contribution in [3.63, 3.8) is 0 Å². The summed E-state index contributed by atoms with van der Waals surface area (Å²) >= 11 is 0. The third kappa shape index (κ3) is 6.86. The standard InChI is InChI=1S/C9H14O3/c1-3-4-5-7-12-8-6-9(10)11-2/h3,6,8H,1,4-5,7H2,2H3/b8-6+. The molecule has 0 amide bonds. The van der Waals surface area contributed by atoms with Crippen molar-refractivity contribution in [2.24, 2.45) is 0 Å². The van der Waals surface area contributed by atoms with Gasteiger partial charge in [-0.3, -0.25) is 0 Å². The van der Waals surface area contributed by atoms with E-state index in [1.165, 1.54) is 19.4 Å². The van der Waals surface area contributed by atoms with Gasteiger partial charge in [0.2, 0.25) is 0 Å². The Bertz CT molecular complexity index is 161. The highest BCUT2D eigenvalue weighted by Crippen LogP contribution is 1.90. The van der Waals surface area contributed by atoms with Gasteiger partial charge in [0.05, 0.1) is 26.1 Å². The maximum atomic E-state index is 10.5. The molecule has 0 atom stereocenters. The van der Waals surface area contributed by atoms with Crippen LogP contribution >= 0.6 is 0 Å². The van der Waals surface area contributed by atoms with E-state index in [2.05, 4.69) is 11.3 Å². The van der Waals surface area contributed by atoms with Crippen molar-refractivity contribution in [3.8, 4) is 0 Å². The summed E-state index contributed by atoms with van der Waals surface area (Å²) in [6.45, 7) is 4.17. The molecule has 0 heterocycles. The predicted octanol–water partition coefficient (Wildman–Crippen LogP) is 1.66. The average molecular weight is 170 g/mol. The van der Waals surface area contributed by atoms with Gasteiger partial charge in [-0.15, -0.1) is 6.58 Å². The number of ether oxygens (including phenoxy) is 2. The molecule has 3 heteroatoms. The number of methoxy groups -OCH3 is 1. The molecule has 0 fully saturated rings. The van der Waals surface area contributed by atoms with Crippen LogP contribution in [0.4, 0.5) is 0 Å². The Balaban J connectivity index is 3.24. The topological polar surface area (TPSA) is 35.5 Å². The Morgan fingerprint density at radius 1 is 1.58 bits per heavy atom. The molecule has 68 valence electrons. The second-order valence-corrected chi connectivity index (χ2v) is 2.13. The van der Waals surface area contributed by atoms with Gasteiger partial charge in [0.15, 0.2) is 0 Å². The summed E-state index contributed by atoms with van der Waals surface area (Å²) in [6, 6.07) is 0. The van der Waals surface area contributed by atoms with Crippen LogP contribution in [0.5, 0.6) is 0 Å². The van der Waals surface area contributed by atoms with Crippen molar-refractivity contribution in [2.45, 2.75) is 12.8 Å². The first-order chi connectivity index (χ1) is 5.81. The van der Waals surface area contributed by atoms with Gasteiger partial charge in [0.25, 0.3) is 0 Å². The van der Waals surface area contributed by atoms with E-state index in [0.29, 0.717) is 6.61 Å². The summed E-state index contributed by atoms with van der Waals surface area (Å²) in [5.74, 6) is -0.404. The molecule has 0 aromatic heterocycles. The van der Waals surface area contributed by atoms with Crippen molar-refractivity contribution < 1.29 is 14.3 Å². The van der Waals surface area contributed by atoms with Crippen molar-refractivity contribution in [1.82, 2.24) is 0 Å². The molecule has 12 heavy (non-hydrogen) atoms. The Morgan fingerprint density at radius 2 is 2.33 bits per heavy atom. The van der Waals surface area contributed by atoms with Gasteiger partial charge >= 0.3 is 5.97 Å². The van der Waals surface area contributed by atoms with Crippen LogP contribution in [-0.4, -0.2) is 19.7 Å². The Labute approximate surface area is 72.7 Å². The van der Waals surface area contributed by atoms with E-state index in [4.69, 9.17) is 4.74 Å². The Morgan fingerprint density at radius 3 is 2.92 bits per heavy atom. The van der Waals surface area contributed by atoms with Gasteiger partial charge in [-0.25, -0.2) is 4.79 Å². The molecule has 0 aliphatic carbocycles. The second kappa shape index (κ2) is 7.85. The lowest BCUT2D eigenvalue weighted by Crippen LogP contribution is -1.94. The highest BCUT2D eigenvalue weighted by molar-refractivity contribution is 5.81. The molecule has 0 spiro atoms. The average Bonchev–Trinajstić information content (AvgIpc) is 2.10. The van der Waals surface area contributed by atoms with Gasteiger partial charge in [0.1, 0.15) is 0 Å². The third-order valence-electron chi connectivity index (χ3n) is 1.17. The fourth-order valence-electron chi connectivity index (χ4n) is 0.551. The molecule has 3 nitrogen and oxygen atoms in total. The number of rotatable bonds is 6. The lowest BCUT2D eigenvalue weighted by atomic mass is 10.3. The Kier molecular flexibility index (Phi) is 7.03. The van der Waals surface area contributed by atoms with Gasteiger partial charge in [-0.1, -0.05) is 6.08 Å². The molecule has 0 unspecified atom stereocenters. The molecule has 0 rings (SSSR count). The molecule has 0 bridgehead atoms. The number of carbonyl (C=O) groups is 1. The first-order valence-corrected chi connectivity index (χ1v) is 3.78. The van der Waals surface area contributed by atoms with E-state index in [1.807, 2.05) is 6.08 Å². The van der Waals surface area contributed by atoms with E-state index in [-0.39, 0.29) is 0 Å². The quantitative estimate of drug-likeness (QED) is 0.200. The molecule has 0 saturated heterocycles. The Hall–Kier alpha value is -1.25. The van der Waals surface area contributed by atoms with Crippen LogP contribution in [0.3, 0.4) is 0 Å². The predicted molar refractivity (Wildman–Crippen MR) is 46.5 cm³/mol. The largest absolute Gasteiger partial charge is 0.501 e. The van der Waals surface area contributed by atoms with Gasteiger partial charge in [-0.2, -0.15) is 0 Å². The number of allylic oxidation sites excluding steroid dienone is 1. The SMILES string of the molecule is C=CCCCO/C=C/C(=O)OC. The lowest BCUT2D eigenvalue weighted by Gasteiger charge is -1.96. The number of hydrogen-bond acceptors (Lipinski definition) is 3. The van der Waals surface area contributed by atoms with Gasteiger partial charge in [0, 0.05) is 0 Å². The van der Waals surface area contributed by atoms with E-state index in [9.17, 15) is 4.79 Å². The van der Waals surface area contributed by atoms with Crippen LogP contribution in [0.15, 0.2) is 25.0 Å². The molecule has 0 aromatic carbocycles. The normalized spacial score (nSPS) is 9.75. The number of esters is 1. The second-order valence-electron chi connectivity index (χ2n) is 2.13. The smallest absolute Gasteiger partial charge is 0.333 e. The maximum Gasteiger partial charge on any atom is 0.333 e. The monoisotopic (exact) mass is 170 g/mol. The van der Waals surface area contributed by atoms with E-state index >= 15 is 0 Å². The third-order valence-corrected chi connectivity index (χ3v) is 1.17. The summed E-state index contributed by atoms with van der Waals surface area (Å²) in [7, 11) is 1.32. The number of unbranched alkanes of at least 4 members (excludes halogenated alkanes) is 1. The maximum absolute atomic E-state index is 10.5. The minimum absolute atomic E-state index is 0.404. The minimum atomic E-state index is -0.404. The van der Waals surface area contributed by atoms with Crippen LogP contribution in [-0.2, 0) is 14.3 Å². The first kappa shape index (κ1) is 10.8. The number of carbonyl (C=O) groups excluding carboxylic acids is 1. The molecular weight excluding hydrogens is 156 g/mol. The van der Waals surface area contributed by atoms with E-state index in [0.717, 1.165) is 12.8 Å². The fraction of sp³-hybridized carbons (Fsp3) is 0.444. The number of hydrogen-bond donors (Lipinski definition) is 0. The zero-order valence-corrected chi connectivity index (χ0v) is 7.29. The molecule has 0 radical (unpaired) electrons. The van der Waals surface area contributed by atoms with Gasteiger partial charge < -0.3 is 9.47 Å². The van der Waals surface area contributed by atoms with Crippen molar-refractivity contribution in [2.75, 3.05) is 13.7 Å². The van der Waals surface area contributed by atoms with Crippen LogP contribution in [0.2, 0.25) is 0 Å². The molecule has 0 aromatic rings. The summed E-state index contributed by atoms with van der Waals surface area (Å²) in [5, 5.41) is 0. The van der Waals surface area contributed by atoms with Crippen molar-refractivity contribution in [3.05, 3.63) is 25.0 Å². The zero-order valence-electron chi connectivity index (χ0n) is 7.29. The van der Waals surface area contributed by atoms with Crippen LogP contribution in [0.25, 0.3) is 0 Å². The minimum Gasteiger partial charge on any atom is -0.501 e. The van der Waals surface area contributed by atoms with Crippen LogP contribution < -0.4 is 0 Å². The fourth-order valence-corrected chi connectivity index (χ4v) is 0.551.